The summed E-state index contributed by atoms with van der Waals surface area (Å²) >= 11 is 0. The first kappa shape index (κ1) is 19.6. The van der Waals surface area contributed by atoms with E-state index in [1.54, 1.807) is 24.2 Å². The number of amides is 2. The molecule has 1 aromatic heterocycles. The van der Waals surface area contributed by atoms with Gasteiger partial charge in [0.25, 0.3) is 5.91 Å². The highest BCUT2D eigenvalue weighted by molar-refractivity contribution is 5.96. The van der Waals surface area contributed by atoms with Crippen LogP contribution in [0.25, 0.3) is 5.69 Å². The molecule has 2 amide bonds. The van der Waals surface area contributed by atoms with Crippen LogP contribution in [-0.2, 0) is 22.4 Å². The maximum absolute atomic E-state index is 12.4. The molecule has 0 saturated heterocycles. The van der Waals surface area contributed by atoms with Crippen LogP contribution in [0.4, 0.5) is 11.4 Å². The number of carbonyl (C=O) groups is 2. The molecule has 1 N–H and O–H groups in total. The Morgan fingerprint density at radius 1 is 1.17 bits per heavy atom. The third-order valence-electron chi connectivity index (χ3n) is 5.06. The van der Waals surface area contributed by atoms with Gasteiger partial charge in [-0.3, -0.25) is 14.2 Å². The summed E-state index contributed by atoms with van der Waals surface area (Å²) in [7, 11) is 0. The van der Waals surface area contributed by atoms with Crippen molar-refractivity contribution in [2.45, 2.75) is 26.7 Å². The van der Waals surface area contributed by atoms with E-state index in [2.05, 4.69) is 15.5 Å². The standard InChI is InChI=1S/C22H23N5O3/c1-3-21-25-23-14-27(21)19-6-4-5-7-20(19)30-13-22(29)24-17-8-9-18-16(12-17)10-11-26(18)15(2)28/h4-9,12,14H,3,10-11,13H2,1-2H3,(H,24,29). The van der Waals surface area contributed by atoms with E-state index in [4.69, 9.17) is 4.74 Å². The first-order valence-electron chi connectivity index (χ1n) is 9.88. The van der Waals surface area contributed by atoms with Crippen molar-refractivity contribution in [1.29, 1.82) is 0 Å². The van der Waals surface area contributed by atoms with Crippen LogP contribution in [0.2, 0.25) is 0 Å². The summed E-state index contributed by atoms with van der Waals surface area (Å²) < 4.78 is 7.65. The molecule has 0 saturated carbocycles. The molecule has 0 fully saturated rings. The van der Waals surface area contributed by atoms with Crippen LogP contribution in [0.15, 0.2) is 48.8 Å². The number of hydrogen-bond donors (Lipinski definition) is 1. The van der Waals surface area contributed by atoms with Gasteiger partial charge in [0.15, 0.2) is 6.61 Å². The molecule has 4 rings (SSSR count). The monoisotopic (exact) mass is 405 g/mol. The molecule has 8 heteroatoms. The molecule has 3 aromatic rings. The van der Waals surface area contributed by atoms with Crippen molar-refractivity contribution < 1.29 is 14.3 Å². The third-order valence-corrected chi connectivity index (χ3v) is 5.06. The zero-order chi connectivity index (χ0) is 21.1. The molecule has 0 aliphatic carbocycles. The lowest BCUT2D eigenvalue weighted by Gasteiger charge is -2.15. The largest absolute Gasteiger partial charge is 0.482 e. The van der Waals surface area contributed by atoms with Crippen LogP contribution in [0, 0.1) is 0 Å². The van der Waals surface area contributed by atoms with Crippen LogP contribution in [0.3, 0.4) is 0 Å². The average Bonchev–Trinajstić information content (AvgIpc) is 3.39. The van der Waals surface area contributed by atoms with Crippen LogP contribution in [-0.4, -0.2) is 39.7 Å². The second-order valence-corrected chi connectivity index (χ2v) is 7.04. The highest BCUT2D eigenvalue weighted by atomic mass is 16.5. The van der Waals surface area contributed by atoms with Gasteiger partial charge < -0.3 is 15.0 Å². The van der Waals surface area contributed by atoms with Crippen molar-refractivity contribution in [2.24, 2.45) is 0 Å². The number of anilines is 2. The molecule has 0 spiro atoms. The smallest absolute Gasteiger partial charge is 0.262 e. The fraction of sp³-hybridized carbons (Fsp3) is 0.273. The second kappa shape index (κ2) is 8.36. The van der Waals surface area contributed by atoms with Gasteiger partial charge in [0.2, 0.25) is 5.91 Å². The maximum Gasteiger partial charge on any atom is 0.262 e. The molecule has 1 aliphatic rings. The number of para-hydroxylation sites is 2. The molecular weight excluding hydrogens is 382 g/mol. The average molecular weight is 405 g/mol. The minimum atomic E-state index is -0.259. The molecule has 0 radical (unpaired) electrons. The molecule has 30 heavy (non-hydrogen) atoms. The molecule has 0 atom stereocenters. The normalized spacial score (nSPS) is 12.5. The Labute approximate surface area is 174 Å². The quantitative estimate of drug-likeness (QED) is 0.681. The van der Waals surface area contributed by atoms with Crippen LogP contribution >= 0.6 is 0 Å². The topological polar surface area (TPSA) is 89.3 Å². The Morgan fingerprint density at radius 3 is 2.80 bits per heavy atom. The number of aryl methyl sites for hydroxylation is 1. The highest BCUT2D eigenvalue weighted by Crippen LogP contribution is 2.30. The Morgan fingerprint density at radius 2 is 2.00 bits per heavy atom. The van der Waals surface area contributed by atoms with Crippen LogP contribution in [0.1, 0.15) is 25.2 Å². The predicted molar refractivity (Wildman–Crippen MR) is 113 cm³/mol. The fourth-order valence-electron chi connectivity index (χ4n) is 3.63. The molecule has 8 nitrogen and oxygen atoms in total. The fourth-order valence-corrected chi connectivity index (χ4v) is 3.63. The van der Waals surface area contributed by atoms with Crippen molar-refractivity contribution in [3.05, 3.63) is 60.2 Å². The Hall–Kier alpha value is -3.68. The Bertz CT molecular complexity index is 1090. The van der Waals surface area contributed by atoms with Gasteiger partial charge in [-0.2, -0.15) is 0 Å². The number of carbonyl (C=O) groups excluding carboxylic acids is 2. The summed E-state index contributed by atoms with van der Waals surface area (Å²) in [5.41, 5.74) is 3.43. The van der Waals surface area contributed by atoms with Crippen molar-refractivity contribution in [3.63, 3.8) is 0 Å². The van der Waals surface area contributed by atoms with E-state index < -0.39 is 0 Å². The molecule has 0 unspecified atom stereocenters. The highest BCUT2D eigenvalue weighted by Gasteiger charge is 2.22. The number of fused-ring (bicyclic) bond motifs is 1. The molecule has 0 bridgehead atoms. The van der Waals surface area contributed by atoms with Crippen LogP contribution < -0.4 is 15.0 Å². The summed E-state index contributed by atoms with van der Waals surface area (Å²) in [6, 6.07) is 13.1. The van der Waals surface area contributed by atoms with Gasteiger partial charge in [-0.1, -0.05) is 19.1 Å². The summed E-state index contributed by atoms with van der Waals surface area (Å²) in [6.07, 6.45) is 3.14. The summed E-state index contributed by atoms with van der Waals surface area (Å²) in [4.78, 5) is 25.9. The van der Waals surface area contributed by atoms with Gasteiger partial charge in [0, 0.05) is 31.3 Å². The first-order valence-corrected chi connectivity index (χ1v) is 9.88. The zero-order valence-electron chi connectivity index (χ0n) is 17.0. The van der Waals surface area contributed by atoms with Crippen molar-refractivity contribution in [2.75, 3.05) is 23.4 Å². The number of nitrogens with one attached hydrogen (secondary N) is 1. The van der Waals surface area contributed by atoms with Gasteiger partial charge in [-0.25, -0.2) is 0 Å². The summed E-state index contributed by atoms with van der Waals surface area (Å²) in [6.45, 7) is 4.11. The molecular formula is C22H23N5O3. The van der Waals surface area contributed by atoms with E-state index in [1.807, 2.05) is 47.9 Å². The minimum Gasteiger partial charge on any atom is -0.482 e. The molecule has 1 aliphatic heterocycles. The molecule has 2 aromatic carbocycles. The molecule has 154 valence electrons. The summed E-state index contributed by atoms with van der Waals surface area (Å²) in [5, 5.41) is 10.9. The van der Waals surface area contributed by atoms with E-state index in [0.29, 0.717) is 18.0 Å². The minimum absolute atomic E-state index is 0.0249. The van der Waals surface area contributed by atoms with Crippen molar-refractivity contribution in [1.82, 2.24) is 14.8 Å². The lowest BCUT2D eigenvalue weighted by Crippen LogP contribution is -2.25. The SMILES string of the molecule is CCc1nncn1-c1ccccc1OCC(=O)Nc1ccc2c(c1)CCN2C(C)=O. The number of ether oxygens (including phenoxy) is 1. The van der Waals surface area contributed by atoms with E-state index in [9.17, 15) is 9.59 Å². The number of nitrogens with zero attached hydrogens (tertiary/aromatic N) is 4. The van der Waals surface area contributed by atoms with Gasteiger partial charge >= 0.3 is 0 Å². The van der Waals surface area contributed by atoms with Gasteiger partial charge in [-0.05, 0) is 42.3 Å². The number of benzene rings is 2. The summed E-state index contributed by atoms with van der Waals surface area (Å²) in [5.74, 6) is 1.16. The number of aromatic nitrogens is 3. The van der Waals surface area contributed by atoms with E-state index >= 15 is 0 Å². The number of hydrogen-bond acceptors (Lipinski definition) is 5. The van der Waals surface area contributed by atoms with Gasteiger partial charge in [-0.15, -0.1) is 10.2 Å². The van der Waals surface area contributed by atoms with E-state index in [-0.39, 0.29) is 18.4 Å². The zero-order valence-corrected chi connectivity index (χ0v) is 17.0. The van der Waals surface area contributed by atoms with Gasteiger partial charge in [0.1, 0.15) is 17.9 Å². The molecule has 2 heterocycles. The Balaban J connectivity index is 1.43. The third kappa shape index (κ3) is 3.89. The first-order chi connectivity index (χ1) is 14.6. The predicted octanol–water partition coefficient (Wildman–Crippen LogP) is 2.76. The maximum atomic E-state index is 12.4. The Kier molecular flexibility index (Phi) is 5.47. The van der Waals surface area contributed by atoms with E-state index in [1.165, 1.54) is 0 Å². The van der Waals surface area contributed by atoms with Crippen molar-refractivity contribution in [3.8, 4) is 11.4 Å². The van der Waals surface area contributed by atoms with E-state index in [0.717, 1.165) is 35.6 Å². The lowest BCUT2D eigenvalue weighted by atomic mass is 10.1. The van der Waals surface area contributed by atoms with Crippen molar-refractivity contribution >= 4 is 23.2 Å². The van der Waals surface area contributed by atoms with Gasteiger partial charge in [0.05, 0.1) is 5.69 Å². The second-order valence-electron chi connectivity index (χ2n) is 7.04. The van der Waals surface area contributed by atoms with Crippen LogP contribution in [0.5, 0.6) is 5.75 Å². The number of rotatable bonds is 6. The lowest BCUT2D eigenvalue weighted by molar-refractivity contribution is -0.118.